The molecule has 0 atom stereocenters. The Morgan fingerprint density at radius 1 is 1.25 bits per heavy atom. The van der Waals surface area contributed by atoms with Crippen molar-refractivity contribution in [3.05, 3.63) is 34.1 Å². The number of likely N-dealkylation sites (N-methyl/N-ethyl adjacent to an activating group) is 1. The predicted octanol–water partition coefficient (Wildman–Crippen LogP) is 1.83. The van der Waals surface area contributed by atoms with Crippen molar-refractivity contribution >= 4 is 18.1 Å². The highest BCUT2D eigenvalue weighted by molar-refractivity contribution is 7.71. The summed E-state index contributed by atoms with van der Waals surface area (Å²) in [6.45, 7) is 7.48. The largest absolute Gasteiger partial charge is 0.355 e. The zero-order valence-electron chi connectivity index (χ0n) is 14.6. The third-order valence-electron chi connectivity index (χ3n) is 3.45. The van der Waals surface area contributed by atoms with Gasteiger partial charge in [-0.15, -0.1) is 0 Å². The van der Waals surface area contributed by atoms with Crippen molar-refractivity contribution in [3.63, 3.8) is 0 Å². The van der Waals surface area contributed by atoms with Gasteiger partial charge in [0.15, 0.2) is 0 Å². The van der Waals surface area contributed by atoms with Gasteiger partial charge in [-0.1, -0.05) is 13.0 Å². The molecule has 0 unspecified atom stereocenters. The van der Waals surface area contributed by atoms with Crippen LogP contribution in [0.1, 0.15) is 24.5 Å². The Hall–Kier alpha value is -2.06. The number of tetrazole rings is 1. The first-order valence-corrected chi connectivity index (χ1v) is 8.38. The standard InChI is InChI=1S/C16H24N6OS/c1-5-6-17-15(23)10-20(4)11-21-16(24)22(19-18-21)14-8-12(2)7-13(3)9-14/h7-9H,5-6,10-11H2,1-4H3,(H,17,23). The summed E-state index contributed by atoms with van der Waals surface area (Å²) in [6.07, 6.45) is 0.921. The van der Waals surface area contributed by atoms with E-state index >= 15 is 0 Å². The summed E-state index contributed by atoms with van der Waals surface area (Å²) in [4.78, 5) is 13.6. The van der Waals surface area contributed by atoms with Gasteiger partial charge < -0.3 is 5.32 Å². The van der Waals surface area contributed by atoms with Crippen LogP contribution in [0.5, 0.6) is 0 Å². The number of rotatable bonds is 7. The number of aryl methyl sites for hydroxylation is 2. The maximum Gasteiger partial charge on any atom is 0.234 e. The molecule has 8 heteroatoms. The van der Waals surface area contributed by atoms with E-state index in [-0.39, 0.29) is 12.5 Å². The van der Waals surface area contributed by atoms with Crippen LogP contribution in [0, 0.1) is 18.6 Å². The van der Waals surface area contributed by atoms with Crippen LogP contribution < -0.4 is 5.32 Å². The summed E-state index contributed by atoms with van der Waals surface area (Å²) in [6, 6.07) is 6.13. The molecule has 2 rings (SSSR count). The van der Waals surface area contributed by atoms with E-state index in [1.54, 1.807) is 9.36 Å². The topological polar surface area (TPSA) is 68.0 Å². The van der Waals surface area contributed by atoms with Crippen molar-refractivity contribution in [1.82, 2.24) is 30.0 Å². The maximum atomic E-state index is 11.8. The van der Waals surface area contributed by atoms with Crippen molar-refractivity contribution in [1.29, 1.82) is 0 Å². The molecule has 24 heavy (non-hydrogen) atoms. The van der Waals surface area contributed by atoms with E-state index < -0.39 is 0 Å². The number of carbonyl (C=O) groups is 1. The number of nitrogens with zero attached hydrogens (tertiary/aromatic N) is 5. The van der Waals surface area contributed by atoms with Gasteiger partial charge in [0.2, 0.25) is 10.7 Å². The molecule has 0 aliphatic rings. The minimum absolute atomic E-state index is 0.00688. The normalized spacial score (nSPS) is 11.0. The van der Waals surface area contributed by atoms with Gasteiger partial charge in [0.05, 0.1) is 18.9 Å². The molecule has 0 fully saturated rings. The first-order chi connectivity index (χ1) is 11.4. The van der Waals surface area contributed by atoms with E-state index in [4.69, 9.17) is 12.2 Å². The quantitative estimate of drug-likeness (QED) is 0.773. The first-order valence-electron chi connectivity index (χ1n) is 7.97. The van der Waals surface area contributed by atoms with Gasteiger partial charge in [-0.25, -0.2) is 4.68 Å². The van der Waals surface area contributed by atoms with Gasteiger partial charge >= 0.3 is 0 Å². The first kappa shape index (κ1) is 18.3. The van der Waals surface area contributed by atoms with E-state index in [2.05, 4.69) is 21.8 Å². The number of hydrogen-bond acceptors (Lipinski definition) is 5. The van der Waals surface area contributed by atoms with Crippen LogP contribution in [0.2, 0.25) is 0 Å². The van der Waals surface area contributed by atoms with Gasteiger partial charge in [0.1, 0.15) is 0 Å². The number of carbonyl (C=O) groups excluding carboxylic acids is 1. The molecular formula is C16H24N6OS. The second-order valence-electron chi connectivity index (χ2n) is 6.02. The molecule has 0 saturated carbocycles. The number of nitrogens with one attached hydrogen (secondary N) is 1. The predicted molar refractivity (Wildman–Crippen MR) is 95.6 cm³/mol. The molecule has 2 aromatic rings. The number of benzene rings is 1. The van der Waals surface area contributed by atoms with Crippen LogP contribution in [0.3, 0.4) is 0 Å². The lowest BCUT2D eigenvalue weighted by Crippen LogP contribution is -2.36. The number of hydrogen-bond donors (Lipinski definition) is 1. The second kappa shape index (κ2) is 8.16. The smallest absolute Gasteiger partial charge is 0.234 e. The van der Waals surface area contributed by atoms with Crippen LogP contribution in [-0.4, -0.2) is 50.7 Å². The van der Waals surface area contributed by atoms with Crippen molar-refractivity contribution in [2.45, 2.75) is 33.9 Å². The lowest BCUT2D eigenvalue weighted by molar-refractivity contribution is -0.122. The molecule has 1 heterocycles. The Labute approximate surface area is 147 Å². The molecule has 1 aromatic carbocycles. The van der Waals surface area contributed by atoms with Crippen LogP contribution in [0.25, 0.3) is 5.69 Å². The fraction of sp³-hybridized carbons (Fsp3) is 0.500. The minimum Gasteiger partial charge on any atom is -0.355 e. The lowest BCUT2D eigenvalue weighted by Gasteiger charge is -2.15. The zero-order valence-corrected chi connectivity index (χ0v) is 15.4. The Morgan fingerprint density at radius 2 is 1.92 bits per heavy atom. The third kappa shape index (κ3) is 4.72. The molecule has 0 bridgehead atoms. The monoisotopic (exact) mass is 348 g/mol. The van der Waals surface area contributed by atoms with Crippen LogP contribution in [0.15, 0.2) is 18.2 Å². The van der Waals surface area contributed by atoms with E-state index in [0.29, 0.717) is 18.0 Å². The van der Waals surface area contributed by atoms with Gasteiger partial charge in [-0.2, -0.15) is 4.68 Å². The minimum atomic E-state index is -0.00688. The van der Waals surface area contributed by atoms with Crippen molar-refractivity contribution in [2.24, 2.45) is 0 Å². The molecule has 0 spiro atoms. The van der Waals surface area contributed by atoms with Gasteiger partial charge in [-0.05, 0) is 73.2 Å². The Bertz CT molecular complexity index is 746. The molecule has 0 aliphatic heterocycles. The fourth-order valence-corrected chi connectivity index (χ4v) is 2.68. The van der Waals surface area contributed by atoms with E-state index in [1.807, 2.05) is 44.9 Å². The van der Waals surface area contributed by atoms with Gasteiger partial charge in [0.25, 0.3) is 0 Å². The summed E-state index contributed by atoms with van der Waals surface area (Å²) in [5, 5.41) is 11.1. The van der Waals surface area contributed by atoms with Crippen molar-refractivity contribution in [3.8, 4) is 5.69 Å². The molecule has 1 amide bonds. The van der Waals surface area contributed by atoms with Crippen LogP contribution in [-0.2, 0) is 11.5 Å². The summed E-state index contributed by atoms with van der Waals surface area (Å²) in [5.41, 5.74) is 3.18. The highest BCUT2D eigenvalue weighted by Gasteiger charge is 2.11. The molecular weight excluding hydrogens is 324 g/mol. The number of amides is 1. The molecule has 7 nitrogen and oxygen atoms in total. The Balaban J connectivity index is 2.10. The summed E-state index contributed by atoms with van der Waals surface area (Å²) in [7, 11) is 1.85. The van der Waals surface area contributed by atoms with E-state index in [1.165, 1.54) is 0 Å². The molecule has 0 aliphatic carbocycles. The summed E-state index contributed by atoms with van der Waals surface area (Å²) < 4.78 is 3.75. The summed E-state index contributed by atoms with van der Waals surface area (Å²) in [5.74, 6) is -0.00688. The maximum absolute atomic E-state index is 11.8. The number of aromatic nitrogens is 4. The third-order valence-corrected chi connectivity index (χ3v) is 3.84. The van der Waals surface area contributed by atoms with Crippen molar-refractivity contribution in [2.75, 3.05) is 20.1 Å². The van der Waals surface area contributed by atoms with Crippen LogP contribution >= 0.6 is 12.2 Å². The van der Waals surface area contributed by atoms with E-state index in [0.717, 1.165) is 23.2 Å². The highest BCUT2D eigenvalue weighted by Crippen LogP contribution is 2.13. The Kier molecular flexibility index (Phi) is 6.22. The molecule has 1 N–H and O–H groups in total. The fourth-order valence-electron chi connectivity index (χ4n) is 2.44. The zero-order chi connectivity index (χ0) is 17.7. The molecule has 130 valence electrons. The van der Waals surface area contributed by atoms with Gasteiger partial charge in [-0.3, -0.25) is 9.69 Å². The van der Waals surface area contributed by atoms with Crippen LogP contribution in [0.4, 0.5) is 0 Å². The molecule has 0 saturated heterocycles. The summed E-state index contributed by atoms with van der Waals surface area (Å²) >= 11 is 5.47. The van der Waals surface area contributed by atoms with Gasteiger partial charge in [0, 0.05) is 6.54 Å². The van der Waals surface area contributed by atoms with Crippen molar-refractivity contribution < 1.29 is 4.79 Å². The highest BCUT2D eigenvalue weighted by atomic mass is 32.1. The Morgan fingerprint density at radius 3 is 2.54 bits per heavy atom. The SMILES string of the molecule is CCCNC(=O)CN(C)Cn1nnn(-c2cc(C)cc(C)c2)c1=S. The molecule has 0 radical (unpaired) electrons. The molecule has 1 aromatic heterocycles. The lowest BCUT2D eigenvalue weighted by atomic mass is 10.1. The average molecular weight is 348 g/mol. The van der Waals surface area contributed by atoms with E-state index in [9.17, 15) is 4.79 Å². The average Bonchev–Trinajstić information content (AvgIpc) is 2.85. The second-order valence-corrected chi connectivity index (χ2v) is 6.39.